The highest BCUT2D eigenvalue weighted by Gasteiger charge is 2.66. The number of amides is 1. The highest BCUT2D eigenvalue weighted by molar-refractivity contribution is 6.34. The molecule has 28 heavy (non-hydrogen) atoms. The Morgan fingerprint density at radius 3 is 2.46 bits per heavy atom. The van der Waals surface area contributed by atoms with Gasteiger partial charge in [-0.25, -0.2) is 0 Å². The van der Waals surface area contributed by atoms with Gasteiger partial charge in [0.15, 0.2) is 34.7 Å². The molecule has 2 fully saturated rings. The van der Waals surface area contributed by atoms with Gasteiger partial charge in [0.25, 0.3) is 0 Å². The molecule has 146 valence electrons. The second kappa shape index (κ2) is 5.96. The van der Waals surface area contributed by atoms with Crippen LogP contribution in [0.25, 0.3) is 0 Å². The van der Waals surface area contributed by atoms with Gasteiger partial charge in [0.1, 0.15) is 5.75 Å². The Morgan fingerprint density at radius 2 is 1.82 bits per heavy atom. The van der Waals surface area contributed by atoms with E-state index in [2.05, 4.69) is 0 Å². The van der Waals surface area contributed by atoms with E-state index in [0.29, 0.717) is 5.56 Å². The number of carbonyl (C=O) groups is 5. The van der Waals surface area contributed by atoms with Crippen LogP contribution in [-0.2, 0) is 25.6 Å². The lowest BCUT2D eigenvalue weighted by atomic mass is 9.54. The van der Waals surface area contributed by atoms with Crippen molar-refractivity contribution in [1.29, 1.82) is 0 Å². The van der Waals surface area contributed by atoms with Crippen LogP contribution in [0.2, 0.25) is 5.02 Å². The fourth-order valence-corrected chi connectivity index (χ4v) is 5.16. The van der Waals surface area contributed by atoms with Crippen molar-refractivity contribution in [1.82, 2.24) is 0 Å². The number of primary amides is 1. The molecule has 1 aromatic rings. The Balaban J connectivity index is 1.82. The van der Waals surface area contributed by atoms with Crippen LogP contribution in [0.1, 0.15) is 28.8 Å². The van der Waals surface area contributed by atoms with Gasteiger partial charge in [-0.15, -0.1) is 0 Å². The van der Waals surface area contributed by atoms with Crippen LogP contribution < -0.4 is 5.73 Å². The first-order chi connectivity index (χ1) is 13.1. The molecule has 0 aliphatic heterocycles. The van der Waals surface area contributed by atoms with Crippen LogP contribution in [0, 0.1) is 23.7 Å². The largest absolute Gasteiger partial charge is 0.507 e. The van der Waals surface area contributed by atoms with Crippen LogP contribution >= 0.6 is 11.6 Å². The topological polar surface area (TPSA) is 152 Å². The molecular weight excluding hydrogens is 390 g/mol. The predicted molar refractivity (Wildman–Crippen MR) is 93.5 cm³/mol. The molecule has 0 radical (unpaired) electrons. The fraction of sp³-hybridized carbons (Fsp3) is 0.421. The van der Waals surface area contributed by atoms with E-state index in [1.54, 1.807) is 0 Å². The Hall–Kier alpha value is -2.58. The maximum atomic E-state index is 13.1. The summed E-state index contributed by atoms with van der Waals surface area (Å²) in [5.74, 6) is -10.3. The van der Waals surface area contributed by atoms with E-state index < -0.39 is 58.3 Å². The number of halogens is 1. The smallest absolute Gasteiger partial charge is 0.235 e. The van der Waals surface area contributed by atoms with Gasteiger partial charge >= 0.3 is 0 Å². The van der Waals surface area contributed by atoms with E-state index in [1.165, 1.54) is 12.1 Å². The number of Topliss-reactive ketones (excluding diaryl/α,β-unsaturated/α-hetero) is 4. The Morgan fingerprint density at radius 1 is 1.14 bits per heavy atom. The molecule has 0 heterocycles. The zero-order valence-corrected chi connectivity index (χ0v) is 15.2. The van der Waals surface area contributed by atoms with Crippen LogP contribution in [0.4, 0.5) is 0 Å². The molecule has 3 aliphatic rings. The monoisotopic (exact) mass is 405 g/mol. The molecule has 2 unspecified atom stereocenters. The van der Waals surface area contributed by atoms with Crippen LogP contribution in [0.5, 0.6) is 5.75 Å². The second-order valence-electron chi connectivity index (χ2n) is 7.66. The number of hydrogen-bond donors (Lipinski definition) is 3. The number of benzene rings is 1. The number of hydrogen-bond acceptors (Lipinski definition) is 7. The van der Waals surface area contributed by atoms with E-state index in [0.717, 1.165) is 0 Å². The van der Waals surface area contributed by atoms with E-state index in [1.807, 2.05) is 0 Å². The molecule has 0 aromatic heterocycles. The normalized spacial score (nSPS) is 34.5. The third-order valence-corrected chi connectivity index (χ3v) is 6.58. The number of aromatic hydroxyl groups is 1. The molecule has 4 rings (SSSR count). The molecule has 2 saturated carbocycles. The van der Waals surface area contributed by atoms with Gasteiger partial charge in [-0.1, -0.05) is 11.6 Å². The maximum absolute atomic E-state index is 13.1. The van der Waals surface area contributed by atoms with E-state index in [9.17, 15) is 34.2 Å². The highest BCUT2D eigenvalue weighted by atomic mass is 35.5. The Labute approximate surface area is 163 Å². The van der Waals surface area contributed by atoms with Crippen molar-refractivity contribution >= 4 is 40.6 Å². The number of nitrogens with two attached hydrogens (primary N) is 1. The predicted octanol–water partition coefficient (Wildman–Crippen LogP) is -0.0197. The first-order valence-corrected chi connectivity index (χ1v) is 9.14. The molecule has 8 nitrogen and oxygen atoms in total. The molecule has 3 aliphatic carbocycles. The highest BCUT2D eigenvalue weighted by Crippen LogP contribution is 2.50. The minimum Gasteiger partial charge on any atom is -0.507 e. The SMILES string of the molecule is NC(=O)C1C(=O)C[C@@H]2C[C@@H]3Cc4c(Cl)ccc(O)c4C(=O)C3C(=O)[C@]2(O)C1=O. The summed E-state index contributed by atoms with van der Waals surface area (Å²) in [7, 11) is 0. The zero-order chi connectivity index (χ0) is 20.5. The molecule has 4 N–H and O–H groups in total. The van der Waals surface area contributed by atoms with Gasteiger partial charge in [0, 0.05) is 17.4 Å². The van der Waals surface area contributed by atoms with Crippen molar-refractivity contribution in [2.75, 3.05) is 0 Å². The van der Waals surface area contributed by atoms with E-state index >= 15 is 0 Å². The van der Waals surface area contributed by atoms with Gasteiger partial charge in [-0.3, -0.25) is 24.0 Å². The number of phenolic OH excluding ortho intramolecular Hbond substituents is 1. The maximum Gasteiger partial charge on any atom is 0.235 e. The van der Waals surface area contributed by atoms with Gasteiger partial charge in [-0.05, 0) is 36.5 Å². The number of fused-ring (bicyclic) bond motifs is 3. The fourth-order valence-electron chi connectivity index (χ4n) is 4.93. The third-order valence-electron chi connectivity index (χ3n) is 6.23. The standard InChI is InChI=1S/C19H16ClNO7/c20-9-1-2-10(22)13-8(9)4-6-3-7-5-11(23)14(18(21)27)17(26)19(7,28)16(25)12(6)15(13)24/h1-2,6-7,12,14,22,28H,3-5H2,(H2,21,27)/t6-,7+,12?,14?,19+/m1/s1. The quantitative estimate of drug-likeness (QED) is 0.555. The number of carbonyl (C=O) groups excluding carboxylic acids is 5. The average molecular weight is 406 g/mol. The van der Waals surface area contributed by atoms with Gasteiger partial charge in [-0.2, -0.15) is 0 Å². The number of phenols is 1. The summed E-state index contributed by atoms with van der Waals surface area (Å²) < 4.78 is 0. The van der Waals surface area contributed by atoms with Crippen molar-refractivity contribution in [3.05, 3.63) is 28.3 Å². The zero-order valence-electron chi connectivity index (χ0n) is 14.5. The molecule has 9 heteroatoms. The van der Waals surface area contributed by atoms with Crippen LogP contribution in [-0.4, -0.2) is 44.9 Å². The third kappa shape index (κ3) is 2.24. The lowest BCUT2D eigenvalue weighted by Gasteiger charge is -2.48. The number of ketones is 4. The molecule has 1 amide bonds. The van der Waals surface area contributed by atoms with Crippen LogP contribution in [0.15, 0.2) is 12.1 Å². The lowest BCUT2D eigenvalue weighted by molar-refractivity contribution is -0.175. The molecule has 0 bridgehead atoms. The van der Waals surface area contributed by atoms with E-state index in [-0.39, 0.29) is 35.6 Å². The number of aliphatic hydroxyl groups is 1. The number of rotatable bonds is 1. The molecule has 5 atom stereocenters. The summed E-state index contributed by atoms with van der Waals surface area (Å²) in [5.41, 5.74) is 2.78. The van der Waals surface area contributed by atoms with Crippen molar-refractivity contribution in [2.45, 2.75) is 24.9 Å². The van der Waals surface area contributed by atoms with Crippen LogP contribution in [0.3, 0.4) is 0 Å². The Kier molecular flexibility index (Phi) is 3.99. The summed E-state index contributed by atoms with van der Waals surface area (Å²) in [6, 6.07) is 2.67. The molecular formula is C19H16ClNO7. The lowest BCUT2D eigenvalue weighted by Crippen LogP contribution is -2.68. The summed E-state index contributed by atoms with van der Waals surface area (Å²) in [5, 5.41) is 21.4. The molecule has 0 saturated heterocycles. The van der Waals surface area contributed by atoms with Crippen molar-refractivity contribution < 1.29 is 34.2 Å². The van der Waals surface area contributed by atoms with Gasteiger partial charge < -0.3 is 15.9 Å². The molecule has 0 spiro atoms. The molecule has 1 aromatic carbocycles. The second-order valence-corrected chi connectivity index (χ2v) is 8.07. The van der Waals surface area contributed by atoms with Crippen molar-refractivity contribution in [2.24, 2.45) is 29.4 Å². The van der Waals surface area contributed by atoms with Gasteiger partial charge in [0.05, 0.1) is 11.5 Å². The minimum absolute atomic E-state index is 0.0486. The summed E-state index contributed by atoms with van der Waals surface area (Å²) >= 11 is 6.15. The minimum atomic E-state index is -2.63. The summed E-state index contributed by atoms with van der Waals surface area (Å²) in [6.07, 6.45) is -0.133. The average Bonchev–Trinajstić information content (AvgIpc) is 2.61. The first-order valence-electron chi connectivity index (χ1n) is 8.76. The van der Waals surface area contributed by atoms with Crippen molar-refractivity contribution in [3.63, 3.8) is 0 Å². The summed E-state index contributed by atoms with van der Waals surface area (Å²) in [4.78, 5) is 62.6. The summed E-state index contributed by atoms with van der Waals surface area (Å²) in [6.45, 7) is 0. The van der Waals surface area contributed by atoms with Gasteiger partial charge in [0.2, 0.25) is 5.91 Å². The Bertz CT molecular complexity index is 987. The van der Waals surface area contributed by atoms with E-state index in [4.69, 9.17) is 17.3 Å². The van der Waals surface area contributed by atoms with Crippen molar-refractivity contribution in [3.8, 4) is 5.75 Å². The first kappa shape index (κ1) is 18.8.